The summed E-state index contributed by atoms with van der Waals surface area (Å²) in [6.45, 7) is 1.74. The average molecular weight is 218 g/mol. The van der Waals surface area contributed by atoms with Crippen LogP contribution in [0.25, 0.3) is 0 Å². The van der Waals surface area contributed by atoms with Crippen molar-refractivity contribution in [1.82, 2.24) is 5.32 Å². The number of carbonyl (C=O) groups is 3. The van der Waals surface area contributed by atoms with E-state index in [0.29, 0.717) is 23.2 Å². The van der Waals surface area contributed by atoms with Gasteiger partial charge in [-0.25, -0.2) is 0 Å². The number of amides is 3. The van der Waals surface area contributed by atoms with Crippen LogP contribution < -0.4 is 10.6 Å². The Labute approximate surface area is 91.8 Å². The molecular weight excluding hydrogens is 208 g/mol. The predicted octanol–water partition coefficient (Wildman–Crippen LogP) is 0.919. The molecule has 0 fully saturated rings. The highest BCUT2D eigenvalue weighted by Crippen LogP contribution is 2.20. The fraction of sp³-hybridized carbons (Fsp3) is 0.182. The molecule has 0 saturated heterocycles. The Balaban J connectivity index is 2.33. The number of benzene rings is 1. The number of imide groups is 1. The molecule has 0 atom stereocenters. The van der Waals surface area contributed by atoms with Crippen molar-refractivity contribution in [2.24, 2.45) is 0 Å². The highest BCUT2D eigenvalue weighted by molar-refractivity contribution is 6.22. The van der Waals surface area contributed by atoms with Crippen molar-refractivity contribution in [3.63, 3.8) is 0 Å². The second-order valence-electron chi connectivity index (χ2n) is 3.45. The van der Waals surface area contributed by atoms with Gasteiger partial charge in [0.1, 0.15) is 0 Å². The number of nitrogens with one attached hydrogen (secondary N) is 2. The summed E-state index contributed by atoms with van der Waals surface area (Å²) in [5, 5.41) is 4.81. The maximum Gasteiger partial charge on any atom is 0.259 e. The van der Waals surface area contributed by atoms with E-state index >= 15 is 0 Å². The summed E-state index contributed by atoms with van der Waals surface area (Å²) < 4.78 is 0. The number of carbonyl (C=O) groups excluding carboxylic acids is 3. The van der Waals surface area contributed by atoms with E-state index in [2.05, 4.69) is 10.6 Å². The standard InChI is InChI=1S/C11H10N2O3/c1-2-9(14)12-6-3-4-7-8(5-6)11(16)13-10(7)15/h3-5H,2H2,1H3,(H,12,14)(H,13,15,16). The molecule has 5 heteroatoms. The quantitative estimate of drug-likeness (QED) is 0.725. The van der Waals surface area contributed by atoms with E-state index < -0.39 is 11.8 Å². The second kappa shape index (κ2) is 3.77. The van der Waals surface area contributed by atoms with Gasteiger partial charge in [0.05, 0.1) is 11.1 Å². The number of rotatable bonds is 2. The lowest BCUT2D eigenvalue weighted by molar-refractivity contribution is -0.115. The van der Waals surface area contributed by atoms with Gasteiger partial charge in [0.2, 0.25) is 5.91 Å². The van der Waals surface area contributed by atoms with E-state index in [9.17, 15) is 14.4 Å². The minimum Gasteiger partial charge on any atom is -0.326 e. The Hall–Kier alpha value is -2.17. The molecule has 1 aliphatic heterocycles. The van der Waals surface area contributed by atoms with Crippen LogP contribution in [0, 0.1) is 0 Å². The number of anilines is 1. The number of hydrogen-bond acceptors (Lipinski definition) is 3. The van der Waals surface area contributed by atoms with Gasteiger partial charge in [-0.3, -0.25) is 19.7 Å². The summed E-state index contributed by atoms with van der Waals surface area (Å²) in [7, 11) is 0. The smallest absolute Gasteiger partial charge is 0.259 e. The molecule has 0 aliphatic carbocycles. The van der Waals surface area contributed by atoms with Crippen LogP contribution in [0.5, 0.6) is 0 Å². The number of fused-ring (bicyclic) bond motifs is 1. The predicted molar refractivity (Wildman–Crippen MR) is 57.2 cm³/mol. The van der Waals surface area contributed by atoms with Crippen LogP contribution in [0.1, 0.15) is 34.1 Å². The van der Waals surface area contributed by atoms with E-state index in [0.717, 1.165) is 0 Å². The molecule has 82 valence electrons. The van der Waals surface area contributed by atoms with Crippen molar-refractivity contribution in [3.05, 3.63) is 29.3 Å². The Morgan fingerprint density at radius 3 is 2.62 bits per heavy atom. The molecule has 0 spiro atoms. The lowest BCUT2D eigenvalue weighted by atomic mass is 10.1. The van der Waals surface area contributed by atoms with Crippen LogP contribution in [0.15, 0.2) is 18.2 Å². The zero-order chi connectivity index (χ0) is 11.7. The van der Waals surface area contributed by atoms with E-state index in [1.165, 1.54) is 12.1 Å². The first-order chi connectivity index (χ1) is 7.61. The SMILES string of the molecule is CCC(=O)Nc1ccc2c(c1)C(=O)NC2=O. The Kier molecular flexibility index (Phi) is 2.44. The van der Waals surface area contributed by atoms with Gasteiger partial charge in [0.15, 0.2) is 0 Å². The van der Waals surface area contributed by atoms with Crippen molar-refractivity contribution < 1.29 is 14.4 Å². The molecule has 2 N–H and O–H groups in total. The molecule has 0 aromatic heterocycles. The van der Waals surface area contributed by atoms with Gasteiger partial charge >= 0.3 is 0 Å². The summed E-state index contributed by atoms with van der Waals surface area (Å²) in [6.07, 6.45) is 0.363. The Morgan fingerprint density at radius 1 is 1.25 bits per heavy atom. The first-order valence-corrected chi connectivity index (χ1v) is 4.91. The van der Waals surface area contributed by atoms with Gasteiger partial charge in [-0.15, -0.1) is 0 Å². The van der Waals surface area contributed by atoms with E-state index in [1.54, 1.807) is 13.0 Å². The molecule has 1 aromatic rings. The molecule has 1 aliphatic rings. The molecule has 0 radical (unpaired) electrons. The summed E-state index contributed by atoms with van der Waals surface area (Å²) in [5.41, 5.74) is 1.17. The molecule has 1 heterocycles. The van der Waals surface area contributed by atoms with Gasteiger partial charge in [-0.05, 0) is 18.2 Å². The third kappa shape index (κ3) is 1.67. The van der Waals surface area contributed by atoms with Crippen LogP contribution in [-0.2, 0) is 4.79 Å². The Bertz CT molecular complexity index is 494. The molecule has 0 bridgehead atoms. The lowest BCUT2D eigenvalue weighted by Crippen LogP contribution is -2.19. The van der Waals surface area contributed by atoms with Gasteiger partial charge in [0.25, 0.3) is 11.8 Å². The molecule has 3 amide bonds. The van der Waals surface area contributed by atoms with Crippen LogP contribution in [0.2, 0.25) is 0 Å². The van der Waals surface area contributed by atoms with Crippen molar-refractivity contribution in [3.8, 4) is 0 Å². The zero-order valence-corrected chi connectivity index (χ0v) is 8.66. The first kappa shape index (κ1) is 10.4. The van der Waals surface area contributed by atoms with Crippen molar-refractivity contribution in [2.45, 2.75) is 13.3 Å². The maximum atomic E-state index is 11.3. The molecule has 5 nitrogen and oxygen atoms in total. The van der Waals surface area contributed by atoms with Crippen LogP contribution in [0.3, 0.4) is 0 Å². The van der Waals surface area contributed by atoms with Crippen molar-refractivity contribution in [1.29, 1.82) is 0 Å². The van der Waals surface area contributed by atoms with E-state index in [1.807, 2.05) is 0 Å². The van der Waals surface area contributed by atoms with E-state index in [-0.39, 0.29) is 5.91 Å². The monoisotopic (exact) mass is 218 g/mol. The van der Waals surface area contributed by atoms with Crippen LogP contribution in [0.4, 0.5) is 5.69 Å². The molecule has 0 unspecified atom stereocenters. The topological polar surface area (TPSA) is 75.3 Å². The normalized spacial score (nSPS) is 13.3. The first-order valence-electron chi connectivity index (χ1n) is 4.91. The van der Waals surface area contributed by atoms with Gasteiger partial charge in [-0.2, -0.15) is 0 Å². The summed E-state index contributed by atoms with van der Waals surface area (Å²) >= 11 is 0. The van der Waals surface area contributed by atoms with Crippen LogP contribution >= 0.6 is 0 Å². The Morgan fingerprint density at radius 2 is 1.94 bits per heavy atom. The van der Waals surface area contributed by atoms with E-state index in [4.69, 9.17) is 0 Å². The fourth-order valence-corrected chi connectivity index (χ4v) is 1.50. The van der Waals surface area contributed by atoms with Crippen molar-refractivity contribution >= 4 is 23.4 Å². The summed E-state index contributed by atoms with van der Waals surface area (Å²) in [6, 6.07) is 4.63. The molecule has 0 saturated carbocycles. The largest absolute Gasteiger partial charge is 0.326 e. The molecule has 16 heavy (non-hydrogen) atoms. The third-order valence-corrected chi connectivity index (χ3v) is 2.34. The molecular formula is C11H10N2O3. The molecule has 2 rings (SSSR count). The second-order valence-corrected chi connectivity index (χ2v) is 3.45. The fourth-order valence-electron chi connectivity index (χ4n) is 1.50. The third-order valence-electron chi connectivity index (χ3n) is 2.34. The molecule has 1 aromatic carbocycles. The lowest BCUT2D eigenvalue weighted by Gasteiger charge is -2.04. The maximum absolute atomic E-state index is 11.3. The van der Waals surface area contributed by atoms with Gasteiger partial charge in [-0.1, -0.05) is 6.92 Å². The zero-order valence-electron chi connectivity index (χ0n) is 8.66. The minimum absolute atomic E-state index is 0.135. The minimum atomic E-state index is -0.424. The number of hydrogen-bond donors (Lipinski definition) is 2. The van der Waals surface area contributed by atoms with Crippen LogP contribution in [-0.4, -0.2) is 17.7 Å². The summed E-state index contributed by atoms with van der Waals surface area (Å²) in [5.74, 6) is -0.953. The van der Waals surface area contributed by atoms with Gasteiger partial charge < -0.3 is 5.32 Å². The average Bonchev–Trinajstić information content (AvgIpc) is 2.54. The highest BCUT2D eigenvalue weighted by Gasteiger charge is 2.26. The summed E-state index contributed by atoms with van der Waals surface area (Å²) in [4.78, 5) is 33.7. The highest BCUT2D eigenvalue weighted by atomic mass is 16.2. The van der Waals surface area contributed by atoms with Gasteiger partial charge in [0, 0.05) is 12.1 Å². The van der Waals surface area contributed by atoms with Crippen molar-refractivity contribution in [2.75, 3.05) is 5.32 Å².